The van der Waals surface area contributed by atoms with Crippen molar-refractivity contribution in [1.29, 1.82) is 0 Å². The van der Waals surface area contributed by atoms with Gasteiger partial charge in [0.05, 0.1) is 24.0 Å². The molecule has 160 valence electrons. The van der Waals surface area contributed by atoms with Crippen LogP contribution in [0.1, 0.15) is 21.5 Å². The number of rotatable bonds is 5. The zero-order valence-electron chi connectivity index (χ0n) is 16.1. The second kappa shape index (κ2) is 10.3. The second-order valence-corrected chi connectivity index (χ2v) is 6.16. The van der Waals surface area contributed by atoms with Crippen LogP contribution in [-0.4, -0.2) is 35.7 Å². The first-order valence-electron chi connectivity index (χ1n) is 8.68. The third-order valence-electron chi connectivity index (χ3n) is 4.08. The number of hydrogen-bond donors (Lipinski definition) is 2. The molecule has 3 rings (SSSR count). The molecule has 3 aromatic rings. The Balaban J connectivity index is 0.00000341. The first kappa shape index (κ1) is 23.4. The standard InChI is InChI=1S/C22H18N2O6.Ni/c1-30-22(29)13-4-7-18(23-11-14-2-5-16(25)9-20(14)27)19(8-13)24-12-15-3-6-17(26)10-21(15)28;/h2-12,25-28H,1H3;/q;+2/p-2. The number of hydrogen-bond acceptors (Lipinski definition) is 8. The van der Waals surface area contributed by atoms with Crippen LogP contribution in [0.15, 0.2) is 64.6 Å². The fourth-order valence-electron chi connectivity index (χ4n) is 2.52. The van der Waals surface area contributed by atoms with Gasteiger partial charge in [0.25, 0.3) is 0 Å². The van der Waals surface area contributed by atoms with Gasteiger partial charge in [-0.05, 0) is 53.6 Å². The molecule has 9 heteroatoms. The van der Waals surface area contributed by atoms with Crippen molar-refractivity contribution in [3.05, 3.63) is 71.3 Å². The Morgan fingerprint density at radius 1 is 0.839 bits per heavy atom. The summed E-state index contributed by atoms with van der Waals surface area (Å²) in [5, 5.41) is 42.5. The molecular weight excluding hydrogens is 447 g/mol. The van der Waals surface area contributed by atoms with Crippen molar-refractivity contribution >= 4 is 29.8 Å². The van der Waals surface area contributed by atoms with Gasteiger partial charge >= 0.3 is 22.5 Å². The molecule has 31 heavy (non-hydrogen) atoms. The fourth-order valence-corrected chi connectivity index (χ4v) is 2.52. The molecule has 8 nitrogen and oxygen atoms in total. The van der Waals surface area contributed by atoms with Crippen LogP contribution in [-0.2, 0) is 21.2 Å². The third kappa shape index (κ3) is 5.84. The normalized spacial score (nSPS) is 10.9. The molecule has 0 unspecified atom stereocenters. The number of ether oxygens (including phenoxy) is 1. The Kier molecular flexibility index (Phi) is 7.77. The van der Waals surface area contributed by atoms with E-state index in [0.29, 0.717) is 5.69 Å². The molecule has 0 fully saturated rings. The maximum Gasteiger partial charge on any atom is 2.00 e. The van der Waals surface area contributed by atoms with Crippen molar-refractivity contribution in [2.24, 2.45) is 9.98 Å². The van der Waals surface area contributed by atoms with Crippen LogP contribution in [0.4, 0.5) is 11.4 Å². The van der Waals surface area contributed by atoms with E-state index < -0.39 is 17.5 Å². The van der Waals surface area contributed by atoms with Crippen molar-refractivity contribution in [3.63, 3.8) is 0 Å². The van der Waals surface area contributed by atoms with Crippen molar-refractivity contribution in [3.8, 4) is 23.0 Å². The van der Waals surface area contributed by atoms with E-state index in [4.69, 9.17) is 4.74 Å². The topological polar surface area (TPSA) is 138 Å². The molecule has 0 atom stereocenters. The molecule has 0 saturated carbocycles. The Labute approximate surface area is 187 Å². The van der Waals surface area contributed by atoms with Gasteiger partial charge in [0.2, 0.25) is 0 Å². The summed E-state index contributed by atoms with van der Waals surface area (Å²) in [6, 6.07) is 12.1. The number of phenols is 2. The summed E-state index contributed by atoms with van der Waals surface area (Å²) in [5.74, 6) is -1.70. The van der Waals surface area contributed by atoms with Crippen LogP contribution in [0, 0.1) is 0 Å². The van der Waals surface area contributed by atoms with Crippen molar-refractivity contribution in [1.82, 2.24) is 0 Å². The van der Waals surface area contributed by atoms with Crippen LogP contribution >= 0.6 is 0 Å². The summed E-state index contributed by atoms with van der Waals surface area (Å²) in [4.78, 5) is 20.3. The van der Waals surface area contributed by atoms with E-state index in [0.717, 1.165) is 12.1 Å². The number of carbonyl (C=O) groups is 1. The minimum atomic E-state index is -0.573. The van der Waals surface area contributed by atoms with Crippen molar-refractivity contribution in [2.45, 2.75) is 0 Å². The number of benzene rings is 3. The predicted octanol–water partition coefficient (Wildman–Crippen LogP) is 2.53. The Morgan fingerprint density at radius 3 is 1.84 bits per heavy atom. The number of carbonyl (C=O) groups excluding carboxylic acids is 1. The number of aromatic hydroxyl groups is 2. The molecule has 0 aromatic heterocycles. The number of aliphatic imine (C=N–C) groups is 2. The van der Waals surface area contributed by atoms with Crippen molar-refractivity contribution in [2.75, 3.05) is 7.11 Å². The summed E-state index contributed by atoms with van der Waals surface area (Å²) in [7, 11) is 1.25. The van der Waals surface area contributed by atoms with E-state index in [1.807, 2.05) is 0 Å². The van der Waals surface area contributed by atoms with Crippen LogP contribution in [0.2, 0.25) is 0 Å². The van der Waals surface area contributed by atoms with Crippen LogP contribution in [0.25, 0.3) is 0 Å². The van der Waals surface area contributed by atoms with Gasteiger partial charge in [-0.3, -0.25) is 9.98 Å². The van der Waals surface area contributed by atoms with E-state index in [1.54, 1.807) is 0 Å². The smallest absolute Gasteiger partial charge is 0.872 e. The Hall–Kier alpha value is -3.84. The number of phenolic OH excluding ortho intramolecular Hbond substituents is 2. The molecule has 0 aliphatic heterocycles. The molecule has 0 bridgehead atoms. The molecule has 0 radical (unpaired) electrons. The molecule has 0 aliphatic carbocycles. The molecule has 2 N–H and O–H groups in total. The Morgan fingerprint density at radius 2 is 1.35 bits per heavy atom. The second-order valence-electron chi connectivity index (χ2n) is 6.16. The molecule has 0 aliphatic rings. The van der Waals surface area contributed by atoms with Gasteiger partial charge in [-0.25, -0.2) is 4.79 Å². The maximum atomic E-state index is 11.9. The summed E-state index contributed by atoms with van der Waals surface area (Å²) in [6.07, 6.45) is 2.60. The van der Waals surface area contributed by atoms with E-state index in [1.165, 1.54) is 62.0 Å². The molecule has 0 saturated heterocycles. The zero-order valence-corrected chi connectivity index (χ0v) is 17.1. The largest absolute Gasteiger partial charge is 2.00 e. The van der Waals surface area contributed by atoms with E-state index in [-0.39, 0.29) is 50.4 Å². The maximum absolute atomic E-state index is 11.9. The molecule has 0 heterocycles. The van der Waals surface area contributed by atoms with Gasteiger partial charge in [0, 0.05) is 12.4 Å². The third-order valence-corrected chi connectivity index (χ3v) is 4.08. The summed E-state index contributed by atoms with van der Waals surface area (Å²) < 4.78 is 4.71. The Bertz CT molecular complexity index is 1160. The van der Waals surface area contributed by atoms with Crippen molar-refractivity contribution < 1.29 is 46.4 Å². The van der Waals surface area contributed by atoms with E-state index >= 15 is 0 Å². The van der Waals surface area contributed by atoms with Crippen LogP contribution in [0.5, 0.6) is 23.0 Å². The van der Waals surface area contributed by atoms with Gasteiger partial charge in [-0.15, -0.1) is 0 Å². The monoisotopic (exact) mass is 462 g/mol. The van der Waals surface area contributed by atoms with Crippen LogP contribution in [0.3, 0.4) is 0 Å². The van der Waals surface area contributed by atoms with Gasteiger partial charge in [0.1, 0.15) is 11.5 Å². The first-order valence-corrected chi connectivity index (χ1v) is 8.68. The molecular formula is C22H16N2NiO6. The average molecular weight is 463 g/mol. The minimum absolute atomic E-state index is 0. The number of methoxy groups -OCH3 is 1. The van der Waals surface area contributed by atoms with E-state index in [2.05, 4.69) is 9.98 Å². The summed E-state index contributed by atoms with van der Waals surface area (Å²) in [5.41, 5.74) is 1.29. The fraction of sp³-hybridized carbons (Fsp3) is 0.0455. The van der Waals surface area contributed by atoms with Gasteiger partial charge in [0.15, 0.2) is 0 Å². The first-order chi connectivity index (χ1) is 14.4. The molecule has 3 aromatic carbocycles. The number of nitrogens with zero attached hydrogens (tertiary/aromatic N) is 2. The minimum Gasteiger partial charge on any atom is -0.872 e. The summed E-state index contributed by atoms with van der Waals surface area (Å²) in [6.45, 7) is 0. The average Bonchev–Trinajstić information content (AvgIpc) is 2.72. The van der Waals surface area contributed by atoms with Crippen LogP contribution < -0.4 is 10.2 Å². The molecule has 0 spiro atoms. The number of esters is 1. The summed E-state index contributed by atoms with van der Waals surface area (Å²) >= 11 is 0. The quantitative estimate of drug-likeness (QED) is 0.339. The van der Waals surface area contributed by atoms with Gasteiger partial charge in [-0.1, -0.05) is 23.6 Å². The van der Waals surface area contributed by atoms with Gasteiger partial charge in [-0.2, -0.15) is 0 Å². The van der Waals surface area contributed by atoms with Gasteiger partial charge < -0.3 is 25.2 Å². The van der Waals surface area contributed by atoms with E-state index in [9.17, 15) is 25.2 Å². The molecule has 0 amide bonds. The zero-order chi connectivity index (χ0) is 21.7. The predicted molar refractivity (Wildman–Crippen MR) is 107 cm³/mol. The SMILES string of the molecule is COC(=O)c1ccc(N=Cc2ccc(O)cc2[O-])c(N=Cc2ccc(O)cc2[O-])c1.[Ni+2].